The SMILES string of the molecule is C/C=C1/CN2[C@@H]3C4CO[C@@H]3c3c([nH]c5cc(OC)ccc35)[C@@H]2CC14. The maximum Gasteiger partial charge on any atom is 0.120 e. The number of benzene rings is 1. The van der Waals surface area contributed by atoms with Crippen molar-refractivity contribution in [1.29, 1.82) is 0 Å². The molecule has 1 aromatic heterocycles. The van der Waals surface area contributed by atoms with E-state index in [0.29, 0.717) is 23.9 Å². The molecule has 3 unspecified atom stereocenters. The van der Waals surface area contributed by atoms with Crippen LogP contribution in [0.25, 0.3) is 10.9 Å². The highest BCUT2D eigenvalue weighted by atomic mass is 16.5. The van der Waals surface area contributed by atoms with Crippen LogP contribution in [0.3, 0.4) is 0 Å². The van der Waals surface area contributed by atoms with Crippen LogP contribution in [0.4, 0.5) is 0 Å². The van der Waals surface area contributed by atoms with Gasteiger partial charge in [0.15, 0.2) is 0 Å². The van der Waals surface area contributed by atoms with E-state index >= 15 is 0 Å². The molecule has 5 aliphatic rings. The number of allylic oxidation sites excluding steroid dienone is 1. The minimum Gasteiger partial charge on any atom is -0.497 e. The lowest BCUT2D eigenvalue weighted by Crippen LogP contribution is -2.59. The summed E-state index contributed by atoms with van der Waals surface area (Å²) in [6.07, 6.45) is 3.80. The maximum atomic E-state index is 6.39. The largest absolute Gasteiger partial charge is 0.497 e. The third-order valence-corrected chi connectivity index (χ3v) is 6.90. The average molecular weight is 322 g/mol. The van der Waals surface area contributed by atoms with Crippen molar-refractivity contribution in [1.82, 2.24) is 9.88 Å². The van der Waals surface area contributed by atoms with E-state index in [9.17, 15) is 0 Å². The summed E-state index contributed by atoms with van der Waals surface area (Å²) in [6.45, 7) is 4.22. The molecule has 5 aliphatic heterocycles. The molecule has 0 radical (unpaired) electrons. The summed E-state index contributed by atoms with van der Waals surface area (Å²) in [6, 6.07) is 7.47. The number of methoxy groups -OCH3 is 1. The Kier molecular flexibility index (Phi) is 2.50. The van der Waals surface area contributed by atoms with Crippen molar-refractivity contribution in [2.24, 2.45) is 11.8 Å². The van der Waals surface area contributed by atoms with Gasteiger partial charge in [-0.05, 0) is 31.4 Å². The van der Waals surface area contributed by atoms with Gasteiger partial charge >= 0.3 is 0 Å². The van der Waals surface area contributed by atoms with Gasteiger partial charge in [-0.25, -0.2) is 0 Å². The first-order valence-electron chi connectivity index (χ1n) is 9.02. The molecule has 4 bridgehead atoms. The lowest BCUT2D eigenvalue weighted by atomic mass is 9.64. The predicted molar refractivity (Wildman–Crippen MR) is 92.1 cm³/mol. The van der Waals surface area contributed by atoms with Gasteiger partial charge in [-0.2, -0.15) is 0 Å². The number of hydrogen-bond donors (Lipinski definition) is 1. The first-order chi connectivity index (χ1) is 11.8. The number of piperidine rings is 3. The second-order valence-electron chi connectivity index (χ2n) is 7.67. The summed E-state index contributed by atoms with van der Waals surface area (Å²) in [4.78, 5) is 6.44. The fourth-order valence-corrected chi connectivity index (χ4v) is 5.90. The van der Waals surface area contributed by atoms with E-state index in [0.717, 1.165) is 18.9 Å². The Bertz CT molecular complexity index is 883. The van der Waals surface area contributed by atoms with Gasteiger partial charge in [-0.15, -0.1) is 0 Å². The van der Waals surface area contributed by atoms with E-state index < -0.39 is 0 Å². The number of hydrogen-bond acceptors (Lipinski definition) is 3. The van der Waals surface area contributed by atoms with Gasteiger partial charge in [0.1, 0.15) is 11.9 Å². The van der Waals surface area contributed by atoms with Crippen molar-refractivity contribution in [2.45, 2.75) is 31.5 Å². The van der Waals surface area contributed by atoms with Crippen LogP contribution in [-0.4, -0.2) is 36.2 Å². The summed E-state index contributed by atoms with van der Waals surface area (Å²) >= 11 is 0. The number of rotatable bonds is 1. The molecule has 2 aromatic rings. The first kappa shape index (κ1) is 13.5. The molecule has 0 spiro atoms. The van der Waals surface area contributed by atoms with Crippen molar-refractivity contribution in [3.8, 4) is 5.75 Å². The quantitative estimate of drug-likeness (QED) is 0.816. The van der Waals surface area contributed by atoms with E-state index in [1.165, 1.54) is 28.6 Å². The van der Waals surface area contributed by atoms with Crippen molar-refractivity contribution >= 4 is 10.9 Å². The zero-order valence-corrected chi connectivity index (χ0v) is 14.1. The zero-order valence-electron chi connectivity index (χ0n) is 14.1. The Morgan fingerprint density at radius 1 is 1.38 bits per heavy atom. The molecule has 4 saturated heterocycles. The van der Waals surface area contributed by atoms with E-state index in [1.807, 2.05) is 0 Å². The molecular weight excluding hydrogens is 300 g/mol. The third-order valence-electron chi connectivity index (χ3n) is 6.90. The Morgan fingerprint density at radius 3 is 3.12 bits per heavy atom. The van der Waals surface area contributed by atoms with Gasteiger partial charge in [0.25, 0.3) is 0 Å². The average Bonchev–Trinajstić information content (AvgIpc) is 3.23. The summed E-state index contributed by atoms with van der Waals surface area (Å²) in [5.41, 5.74) is 5.61. The van der Waals surface area contributed by atoms with Crippen LogP contribution in [0.5, 0.6) is 5.75 Å². The molecule has 0 aliphatic carbocycles. The van der Waals surface area contributed by atoms with Gasteiger partial charge in [0.2, 0.25) is 0 Å². The zero-order chi connectivity index (χ0) is 16.0. The summed E-state index contributed by atoms with van der Waals surface area (Å²) < 4.78 is 11.8. The molecule has 1 aromatic carbocycles. The van der Waals surface area contributed by atoms with Crippen LogP contribution in [0, 0.1) is 11.8 Å². The van der Waals surface area contributed by atoms with Crippen molar-refractivity contribution < 1.29 is 9.47 Å². The van der Waals surface area contributed by atoms with E-state index in [1.54, 1.807) is 12.7 Å². The third kappa shape index (κ3) is 1.43. The summed E-state index contributed by atoms with van der Waals surface area (Å²) in [5.74, 6) is 2.28. The number of H-pyrrole nitrogens is 1. The Hall–Kier alpha value is -1.78. The van der Waals surface area contributed by atoms with E-state index in [-0.39, 0.29) is 6.10 Å². The molecule has 124 valence electrons. The number of fused-ring (bicyclic) bond motifs is 5. The predicted octanol–water partition coefficient (Wildman–Crippen LogP) is 3.57. The number of nitrogens with one attached hydrogen (secondary N) is 1. The van der Waals surface area contributed by atoms with Crippen molar-refractivity contribution in [3.63, 3.8) is 0 Å². The summed E-state index contributed by atoms with van der Waals surface area (Å²) in [5, 5.41) is 1.32. The lowest BCUT2D eigenvalue weighted by molar-refractivity contribution is -0.0332. The topological polar surface area (TPSA) is 37.5 Å². The molecule has 7 rings (SSSR count). The van der Waals surface area contributed by atoms with Gasteiger partial charge in [0.05, 0.1) is 19.8 Å². The monoisotopic (exact) mass is 322 g/mol. The molecule has 24 heavy (non-hydrogen) atoms. The summed E-state index contributed by atoms with van der Waals surface area (Å²) in [7, 11) is 1.73. The molecule has 6 heterocycles. The second-order valence-corrected chi connectivity index (χ2v) is 7.67. The number of nitrogens with zero attached hydrogens (tertiary/aromatic N) is 1. The van der Waals surface area contributed by atoms with Gasteiger partial charge in [-0.1, -0.05) is 11.6 Å². The highest BCUT2D eigenvalue weighted by molar-refractivity contribution is 5.87. The van der Waals surface area contributed by atoms with Crippen LogP contribution in [-0.2, 0) is 4.74 Å². The highest BCUT2D eigenvalue weighted by Crippen LogP contribution is 2.60. The minimum absolute atomic E-state index is 0.226. The highest BCUT2D eigenvalue weighted by Gasteiger charge is 2.59. The fourth-order valence-electron chi connectivity index (χ4n) is 5.90. The molecule has 4 heteroatoms. The van der Waals surface area contributed by atoms with Gasteiger partial charge in [0, 0.05) is 46.7 Å². The molecule has 4 fully saturated rings. The van der Waals surface area contributed by atoms with Crippen LogP contribution in [0.1, 0.15) is 36.7 Å². The molecule has 0 amide bonds. The molecular formula is C20H22N2O2. The van der Waals surface area contributed by atoms with Gasteiger partial charge in [-0.3, -0.25) is 4.90 Å². The lowest BCUT2D eigenvalue weighted by Gasteiger charge is -2.56. The molecule has 0 saturated carbocycles. The Balaban J connectivity index is 1.59. The van der Waals surface area contributed by atoms with Crippen molar-refractivity contribution in [2.75, 3.05) is 20.3 Å². The number of aromatic amines is 1. The van der Waals surface area contributed by atoms with Gasteiger partial charge < -0.3 is 14.5 Å². The molecule has 4 nitrogen and oxygen atoms in total. The molecule has 6 atom stereocenters. The minimum atomic E-state index is 0.226. The van der Waals surface area contributed by atoms with Crippen LogP contribution >= 0.6 is 0 Å². The van der Waals surface area contributed by atoms with Crippen LogP contribution < -0.4 is 4.74 Å². The maximum absolute atomic E-state index is 6.39. The normalized spacial score (nSPS) is 40.3. The number of ether oxygens (including phenoxy) is 2. The van der Waals surface area contributed by atoms with E-state index in [4.69, 9.17) is 9.47 Å². The van der Waals surface area contributed by atoms with Crippen molar-refractivity contribution in [3.05, 3.63) is 41.1 Å². The number of aromatic nitrogens is 1. The van der Waals surface area contributed by atoms with Crippen LogP contribution in [0.15, 0.2) is 29.8 Å². The fraction of sp³-hybridized carbons (Fsp3) is 0.500. The Morgan fingerprint density at radius 2 is 2.29 bits per heavy atom. The van der Waals surface area contributed by atoms with E-state index in [2.05, 4.69) is 41.1 Å². The molecule has 1 N–H and O–H groups in total. The Labute approximate surface area is 141 Å². The standard InChI is InChI=1S/C20H22N2O2/c1-3-10-8-22-16-7-13(10)14-9-24-20(19(14)22)17-12-5-4-11(23-2)6-15(12)21-18(16)17/h3-6,13-14,16,19-21H,7-9H2,1-2H3/b10-3-/t13?,14?,16-,19+,20+/m0/s1. The smallest absolute Gasteiger partial charge is 0.120 e. The second kappa shape index (κ2) is 4.44. The first-order valence-corrected chi connectivity index (χ1v) is 9.02. The van der Waals surface area contributed by atoms with Crippen LogP contribution in [0.2, 0.25) is 0 Å².